The monoisotopic (exact) mass is 395 g/mol. The summed E-state index contributed by atoms with van der Waals surface area (Å²) in [5, 5.41) is 3.43. The number of piperidine rings is 2. The molecule has 0 amide bonds. The lowest BCUT2D eigenvalue weighted by molar-refractivity contribution is -0.0409. The molecule has 4 bridgehead atoms. The molecule has 1 aromatic rings. The molecular formula is C26H41N3. The molecule has 1 aromatic carbocycles. The van der Waals surface area contributed by atoms with Gasteiger partial charge in [0.2, 0.25) is 0 Å². The Labute approximate surface area is 178 Å². The molecule has 2 saturated carbocycles. The van der Waals surface area contributed by atoms with Crippen LogP contribution in [-0.4, -0.2) is 42.7 Å². The van der Waals surface area contributed by atoms with E-state index in [1.165, 1.54) is 75.6 Å². The van der Waals surface area contributed by atoms with Crippen LogP contribution >= 0.6 is 0 Å². The molecule has 160 valence electrons. The molecule has 4 aliphatic rings. The summed E-state index contributed by atoms with van der Waals surface area (Å²) in [7, 11) is 2.06. The predicted molar refractivity (Wildman–Crippen MR) is 124 cm³/mol. The van der Waals surface area contributed by atoms with E-state index in [4.69, 9.17) is 0 Å². The number of fused-ring (bicyclic) bond motifs is 4. The molecule has 3 nitrogen and oxygen atoms in total. The first-order valence-corrected chi connectivity index (χ1v) is 12.6. The summed E-state index contributed by atoms with van der Waals surface area (Å²) in [4.78, 5) is 5.80. The van der Waals surface area contributed by atoms with Crippen molar-refractivity contribution in [1.29, 1.82) is 0 Å². The van der Waals surface area contributed by atoms with Gasteiger partial charge in [-0.05, 0) is 75.8 Å². The number of para-hydroxylation sites is 2. The molecule has 0 radical (unpaired) electrons. The third kappa shape index (κ3) is 3.80. The lowest BCUT2D eigenvalue weighted by Crippen LogP contribution is -2.61. The fourth-order valence-corrected chi connectivity index (χ4v) is 7.74. The second-order valence-corrected chi connectivity index (χ2v) is 10.4. The van der Waals surface area contributed by atoms with E-state index < -0.39 is 0 Å². The first kappa shape index (κ1) is 19.7. The zero-order chi connectivity index (χ0) is 19.8. The summed E-state index contributed by atoms with van der Waals surface area (Å²) in [5.41, 5.74) is 2.68. The highest BCUT2D eigenvalue weighted by molar-refractivity contribution is 5.70. The highest BCUT2D eigenvalue weighted by Gasteiger charge is 2.45. The number of anilines is 2. The average molecular weight is 396 g/mol. The van der Waals surface area contributed by atoms with Gasteiger partial charge < -0.3 is 10.2 Å². The molecule has 2 unspecified atom stereocenters. The van der Waals surface area contributed by atoms with Gasteiger partial charge in [-0.25, -0.2) is 0 Å². The number of nitrogens with one attached hydrogen (secondary N) is 1. The first-order valence-electron chi connectivity index (χ1n) is 12.6. The number of hydrogen-bond donors (Lipinski definition) is 1. The molecular weight excluding hydrogens is 354 g/mol. The smallest absolute Gasteiger partial charge is 0.0604 e. The van der Waals surface area contributed by atoms with Crippen LogP contribution in [0.1, 0.15) is 77.6 Å². The molecule has 1 N–H and O–H groups in total. The van der Waals surface area contributed by atoms with E-state index >= 15 is 0 Å². The van der Waals surface area contributed by atoms with Gasteiger partial charge in [-0.2, -0.15) is 0 Å². The molecule has 3 heteroatoms. The van der Waals surface area contributed by atoms with E-state index in [2.05, 4.69) is 53.4 Å². The maximum Gasteiger partial charge on any atom is 0.0604 e. The summed E-state index contributed by atoms with van der Waals surface area (Å²) in [5.74, 6) is 2.08. The SMILES string of the molecule is CCN(c1ccccc1NC)C1C[C@H]2CCC[C@@H](C1)N2C1C[C@H]2CCC[C@@H](C1)C2. The van der Waals surface area contributed by atoms with Crippen LogP contribution in [0.3, 0.4) is 0 Å². The van der Waals surface area contributed by atoms with Gasteiger partial charge in [0.15, 0.2) is 0 Å². The quantitative estimate of drug-likeness (QED) is 0.669. The second kappa shape index (κ2) is 8.49. The molecule has 4 fully saturated rings. The average Bonchev–Trinajstić information content (AvgIpc) is 2.73. The Morgan fingerprint density at radius 1 is 0.862 bits per heavy atom. The number of rotatable bonds is 5. The van der Waals surface area contributed by atoms with Crippen molar-refractivity contribution >= 4 is 11.4 Å². The van der Waals surface area contributed by atoms with Crippen LogP contribution in [0.25, 0.3) is 0 Å². The lowest BCUT2D eigenvalue weighted by Gasteiger charge is -2.56. The zero-order valence-electron chi connectivity index (χ0n) is 18.7. The van der Waals surface area contributed by atoms with Gasteiger partial charge in [-0.1, -0.05) is 37.8 Å². The topological polar surface area (TPSA) is 18.5 Å². The molecule has 2 heterocycles. The maximum atomic E-state index is 3.43. The third-order valence-corrected chi connectivity index (χ3v) is 8.79. The van der Waals surface area contributed by atoms with Crippen LogP contribution in [-0.2, 0) is 0 Å². The standard InChI is InChI=1S/C26H41N3/c1-3-28(26-13-5-4-12-25(26)27-2)23-17-21-10-7-11-22(18-23)29(21)24-15-19-8-6-9-20(14-19)16-24/h4-5,12-13,19-24,27H,3,6-11,14-18H2,1-2H3/t19-,20+,21-,22+,23?,24?. The Balaban J connectivity index is 1.35. The summed E-state index contributed by atoms with van der Waals surface area (Å²) in [6.45, 7) is 3.45. The third-order valence-electron chi connectivity index (χ3n) is 8.79. The minimum atomic E-state index is 0.698. The number of hydrogen-bond acceptors (Lipinski definition) is 3. The highest BCUT2D eigenvalue weighted by Crippen LogP contribution is 2.46. The summed E-state index contributed by atoms with van der Waals surface area (Å²) >= 11 is 0. The summed E-state index contributed by atoms with van der Waals surface area (Å²) in [6, 6.07) is 12.2. The van der Waals surface area contributed by atoms with Gasteiger partial charge in [0.05, 0.1) is 11.4 Å². The van der Waals surface area contributed by atoms with Crippen molar-refractivity contribution in [3.8, 4) is 0 Å². The van der Waals surface area contributed by atoms with Gasteiger partial charge >= 0.3 is 0 Å². The minimum absolute atomic E-state index is 0.698. The van der Waals surface area contributed by atoms with Crippen LogP contribution in [0.2, 0.25) is 0 Å². The second-order valence-electron chi connectivity index (χ2n) is 10.4. The molecule has 5 rings (SSSR count). The summed E-state index contributed by atoms with van der Waals surface area (Å²) < 4.78 is 0. The van der Waals surface area contributed by atoms with Crippen molar-refractivity contribution in [3.63, 3.8) is 0 Å². The molecule has 2 aliphatic carbocycles. The van der Waals surface area contributed by atoms with Gasteiger partial charge in [0.1, 0.15) is 0 Å². The fraction of sp³-hybridized carbons (Fsp3) is 0.769. The van der Waals surface area contributed by atoms with Crippen molar-refractivity contribution in [3.05, 3.63) is 24.3 Å². The normalized spacial score (nSPS) is 37.2. The molecule has 2 saturated heterocycles. The van der Waals surface area contributed by atoms with Crippen molar-refractivity contribution < 1.29 is 0 Å². The van der Waals surface area contributed by atoms with Crippen LogP contribution in [0.5, 0.6) is 0 Å². The molecule has 2 aliphatic heterocycles. The van der Waals surface area contributed by atoms with Crippen LogP contribution < -0.4 is 10.2 Å². The Hall–Kier alpha value is -1.22. The van der Waals surface area contributed by atoms with E-state index in [1.807, 2.05) is 0 Å². The van der Waals surface area contributed by atoms with Crippen LogP contribution in [0.15, 0.2) is 24.3 Å². The van der Waals surface area contributed by atoms with E-state index in [9.17, 15) is 0 Å². The Bertz CT molecular complexity index is 662. The van der Waals surface area contributed by atoms with Crippen LogP contribution in [0, 0.1) is 11.8 Å². The Morgan fingerprint density at radius 2 is 1.52 bits per heavy atom. The molecule has 6 atom stereocenters. The molecule has 29 heavy (non-hydrogen) atoms. The van der Waals surface area contributed by atoms with Crippen molar-refractivity contribution in [2.24, 2.45) is 11.8 Å². The summed E-state index contributed by atoms with van der Waals surface area (Å²) in [6.07, 6.45) is 16.2. The Kier molecular flexibility index (Phi) is 5.78. The van der Waals surface area contributed by atoms with Crippen molar-refractivity contribution in [2.75, 3.05) is 23.8 Å². The number of nitrogens with zero attached hydrogens (tertiary/aromatic N) is 2. The lowest BCUT2D eigenvalue weighted by atomic mass is 9.68. The van der Waals surface area contributed by atoms with Crippen molar-refractivity contribution in [2.45, 2.75) is 102 Å². The number of benzene rings is 1. The van der Waals surface area contributed by atoms with E-state index in [-0.39, 0.29) is 0 Å². The predicted octanol–water partition coefficient (Wildman–Crippen LogP) is 5.91. The maximum absolute atomic E-state index is 3.43. The van der Waals surface area contributed by atoms with Gasteiger partial charge in [-0.15, -0.1) is 0 Å². The molecule has 0 aromatic heterocycles. The first-order chi connectivity index (χ1) is 14.3. The van der Waals surface area contributed by atoms with Crippen LogP contribution in [0.4, 0.5) is 11.4 Å². The largest absolute Gasteiger partial charge is 0.386 e. The van der Waals surface area contributed by atoms with Gasteiger partial charge in [0.25, 0.3) is 0 Å². The van der Waals surface area contributed by atoms with Gasteiger partial charge in [-0.3, -0.25) is 4.90 Å². The van der Waals surface area contributed by atoms with E-state index in [0.717, 1.165) is 36.5 Å². The minimum Gasteiger partial charge on any atom is -0.386 e. The molecule has 0 spiro atoms. The van der Waals surface area contributed by atoms with Crippen molar-refractivity contribution in [1.82, 2.24) is 4.90 Å². The van der Waals surface area contributed by atoms with E-state index in [0.29, 0.717) is 6.04 Å². The Morgan fingerprint density at radius 3 is 2.17 bits per heavy atom. The highest BCUT2D eigenvalue weighted by atomic mass is 15.3. The van der Waals surface area contributed by atoms with Gasteiger partial charge in [0, 0.05) is 37.8 Å². The zero-order valence-corrected chi connectivity index (χ0v) is 18.7. The fourth-order valence-electron chi connectivity index (χ4n) is 7.74. The van der Waals surface area contributed by atoms with E-state index in [1.54, 1.807) is 6.42 Å².